The molecule has 0 saturated carbocycles. The molecular weight excluding hydrogens is 440 g/mol. The lowest BCUT2D eigenvalue weighted by Gasteiger charge is -2.38. The van der Waals surface area contributed by atoms with Crippen LogP contribution in [0.3, 0.4) is 0 Å². The number of hydrogen-bond donors (Lipinski definition) is 1. The minimum Gasteiger partial charge on any atom is -0.335 e. The van der Waals surface area contributed by atoms with E-state index in [0.29, 0.717) is 45.7 Å². The molecule has 1 aromatic rings. The van der Waals surface area contributed by atoms with E-state index >= 15 is 0 Å². The van der Waals surface area contributed by atoms with Gasteiger partial charge >= 0.3 is 0 Å². The van der Waals surface area contributed by atoms with Crippen LogP contribution in [0.4, 0.5) is 5.69 Å². The molecule has 0 aliphatic carbocycles. The van der Waals surface area contributed by atoms with Crippen LogP contribution in [-0.2, 0) is 19.4 Å². The number of piperazine rings is 1. The van der Waals surface area contributed by atoms with Crippen molar-refractivity contribution < 1.29 is 18.0 Å². The molecule has 2 fully saturated rings. The highest BCUT2D eigenvalue weighted by Gasteiger charge is 2.37. The molecule has 1 N–H and O–H groups in total. The molecule has 0 spiro atoms. The molecule has 1 aromatic carbocycles. The van der Waals surface area contributed by atoms with Crippen LogP contribution in [0.5, 0.6) is 0 Å². The molecule has 8 nitrogen and oxygen atoms in total. The van der Waals surface area contributed by atoms with Gasteiger partial charge in [0.1, 0.15) is 0 Å². The highest BCUT2D eigenvalue weighted by atomic mass is 32.2. The van der Waals surface area contributed by atoms with Gasteiger partial charge in [-0.25, -0.2) is 8.42 Å². The summed E-state index contributed by atoms with van der Waals surface area (Å²) in [5, 5.41) is 3.04. The molecule has 3 rings (SSSR count). The predicted molar refractivity (Wildman–Crippen MR) is 131 cm³/mol. The number of para-hydroxylation sites is 1. The first-order valence-electron chi connectivity index (χ1n) is 11.9. The third-order valence-corrected chi connectivity index (χ3v) is 8.64. The second-order valence-corrected chi connectivity index (χ2v) is 11.7. The van der Waals surface area contributed by atoms with Crippen molar-refractivity contribution in [2.24, 2.45) is 0 Å². The zero-order valence-electron chi connectivity index (χ0n) is 20.3. The van der Waals surface area contributed by atoms with Crippen LogP contribution in [0.25, 0.3) is 0 Å². The Hall–Kier alpha value is -1.97. The highest BCUT2D eigenvalue weighted by Crippen LogP contribution is 2.22. The average Bonchev–Trinajstić information content (AvgIpc) is 3.11. The summed E-state index contributed by atoms with van der Waals surface area (Å²) in [5.74, 6) is 0.225. The zero-order chi connectivity index (χ0) is 24.2. The summed E-state index contributed by atoms with van der Waals surface area (Å²) in [6, 6.07) is 5.76. The van der Waals surface area contributed by atoms with Crippen LogP contribution in [0.2, 0.25) is 0 Å². The lowest BCUT2D eigenvalue weighted by atomic mass is 10.1. The lowest BCUT2D eigenvalue weighted by Crippen LogP contribution is -2.54. The molecule has 2 amide bonds. The summed E-state index contributed by atoms with van der Waals surface area (Å²) in [7, 11) is -3.05. The molecule has 2 aliphatic heterocycles. The number of nitrogens with zero attached hydrogens (tertiary/aromatic N) is 3. The fraction of sp³-hybridized carbons (Fsp3) is 0.667. The molecule has 0 aromatic heterocycles. The first kappa shape index (κ1) is 25.6. The van der Waals surface area contributed by atoms with Gasteiger partial charge in [-0.15, -0.1) is 0 Å². The van der Waals surface area contributed by atoms with Crippen LogP contribution >= 0.6 is 0 Å². The smallest absolute Gasteiger partial charge is 0.238 e. The molecule has 2 aliphatic rings. The van der Waals surface area contributed by atoms with E-state index in [1.165, 1.54) is 0 Å². The summed E-state index contributed by atoms with van der Waals surface area (Å²) >= 11 is 0. The molecule has 0 unspecified atom stereocenters. The Labute approximate surface area is 198 Å². The van der Waals surface area contributed by atoms with E-state index in [4.69, 9.17) is 0 Å². The number of anilines is 1. The van der Waals surface area contributed by atoms with E-state index in [1.807, 2.05) is 50.8 Å². The Balaban J connectivity index is 1.49. The number of nitrogens with one attached hydrogen (secondary N) is 1. The Morgan fingerprint density at radius 3 is 2.18 bits per heavy atom. The van der Waals surface area contributed by atoms with Crippen molar-refractivity contribution in [1.29, 1.82) is 0 Å². The predicted octanol–water partition coefficient (Wildman–Crippen LogP) is 1.67. The van der Waals surface area contributed by atoms with Gasteiger partial charge in [-0.2, -0.15) is 0 Å². The summed E-state index contributed by atoms with van der Waals surface area (Å²) in [5.41, 5.74) is 2.98. The van der Waals surface area contributed by atoms with Crippen molar-refractivity contribution in [2.75, 3.05) is 56.1 Å². The second kappa shape index (κ2) is 11.0. The quantitative estimate of drug-likeness (QED) is 0.611. The van der Waals surface area contributed by atoms with Crippen molar-refractivity contribution in [3.8, 4) is 0 Å². The number of aryl methyl sites for hydroxylation is 2. The van der Waals surface area contributed by atoms with Gasteiger partial charge in [-0.05, 0) is 44.7 Å². The van der Waals surface area contributed by atoms with E-state index in [-0.39, 0.29) is 35.4 Å². The fourth-order valence-electron chi connectivity index (χ4n) is 4.77. The summed E-state index contributed by atoms with van der Waals surface area (Å²) in [4.78, 5) is 31.8. The molecule has 2 heterocycles. The van der Waals surface area contributed by atoms with Gasteiger partial charge in [0.15, 0.2) is 9.84 Å². The molecule has 184 valence electrons. The van der Waals surface area contributed by atoms with Crippen LogP contribution in [0.15, 0.2) is 18.2 Å². The summed E-state index contributed by atoms with van der Waals surface area (Å²) < 4.78 is 23.9. The van der Waals surface area contributed by atoms with E-state index in [1.54, 1.807) is 0 Å². The topological polar surface area (TPSA) is 90.0 Å². The number of benzene rings is 1. The first-order valence-corrected chi connectivity index (χ1v) is 13.7. The lowest BCUT2D eigenvalue weighted by molar-refractivity contribution is -0.137. The molecule has 0 bridgehead atoms. The van der Waals surface area contributed by atoms with E-state index < -0.39 is 9.84 Å². The standard InChI is InChI=1S/C24H38N4O4S/c1-5-20(4)28(21-9-14-33(31,32)17-21)23(30)16-27-12-10-26(11-13-27)15-22(29)25-24-18(2)7-6-8-19(24)3/h6-8,20-21H,5,9-17H2,1-4H3,(H,25,29)/t20-,21+/m0/s1. The van der Waals surface area contributed by atoms with Crippen molar-refractivity contribution >= 4 is 27.3 Å². The van der Waals surface area contributed by atoms with Crippen LogP contribution in [0.1, 0.15) is 37.8 Å². The van der Waals surface area contributed by atoms with Crippen LogP contribution < -0.4 is 5.32 Å². The number of carbonyl (C=O) groups excluding carboxylic acids is 2. The monoisotopic (exact) mass is 478 g/mol. The van der Waals surface area contributed by atoms with Crippen LogP contribution in [0, 0.1) is 13.8 Å². The van der Waals surface area contributed by atoms with Crippen molar-refractivity contribution in [2.45, 2.75) is 52.6 Å². The van der Waals surface area contributed by atoms with E-state index in [9.17, 15) is 18.0 Å². The molecule has 0 radical (unpaired) electrons. The van der Waals surface area contributed by atoms with Gasteiger partial charge in [-0.3, -0.25) is 19.4 Å². The number of rotatable bonds is 8. The van der Waals surface area contributed by atoms with E-state index in [0.717, 1.165) is 23.2 Å². The third-order valence-electron chi connectivity index (χ3n) is 6.89. The Bertz CT molecular complexity index is 937. The van der Waals surface area contributed by atoms with E-state index in [2.05, 4.69) is 15.1 Å². The number of carbonyl (C=O) groups is 2. The summed E-state index contributed by atoms with van der Waals surface area (Å²) in [6.07, 6.45) is 1.33. The molecule has 9 heteroatoms. The Kier molecular flexibility index (Phi) is 8.53. The third kappa shape index (κ3) is 6.77. The van der Waals surface area contributed by atoms with Crippen LogP contribution in [-0.4, -0.2) is 97.8 Å². The second-order valence-electron chi connectivity index (χ2n) is 9.48. The minimum absolute atomic E-state index is 0.00710. The number of hydrogen-bond acceptors (Lipinski definition) is 6. The van der Waals surface area contributed by atoms with Crippen molar-refractivity contribution in [3.05, 3.63) is 29.3 Å². The Morgan fingerprint density at radius 1 is 1.09 bits per heavy atom. The van der Waals surface area contributed by atoms with Gasteiger partial charge in [-0.1, -0.05) is 25.1 Å². The van der Waals surface area contributed by atoms with Crippen molar-refractivity contribution in [3.63, 3.8) is 0 Å². The van der Waals surface area contributed by atoms with Gasteiger partial charge < -0.3 is 10.2 Å². The largest absolute Gasteiger partial charge is 0.335 e. The Morgan fingerprint density at radius 2 is 1.67 bits per heavy atom. The van der Waals surface area contributed by atoms with Gasteiger partial charge in [0.2, 0.25) is 11.8 Å². The summed E-state index contributed by atoms with van der Waals surface area (Å²) in [6.45, 7) is 11.5. The molecular formula is C24H38N4O4S. The first-order chi connectivity index (χ1) is 15.6. The van der Waals surface area contributed by atoms with Gasteiger partial charge in [0.05, 0.1) is 24.6 Å². The van der Waals surface area contributed by atoms with Gasteiger partial charge in [0.25, 0.3) is 0 Å². The zero-order valence-corrected chi connectivity index (χ0v) is 21.2. The maximum Gasteiger partial charge on any atom is 0.238 e. The minimum atomic E-state index is -3.05. The molecule has 33 heavy (non-hydrogen) atoms. The highest BCUT2D eigenvalue weighted by molar-refractivity contribution is 7.91. The SMILES string of the molecule is CC[C@H](C)N(C(=O)CN1CCN(CC(=O)Nc2c(C)cccc2C)CC1)[C@@H]1CCS(=O)(=O)C1. The average molecular weight is 479 g/mol. The fourth-order valence-corrected chi connectivity index (χ4v) is 6.48. The van der Waals surface area contributed by atoms with Gasteiger partial charge in [0, 0.05) is 44.0 Å². The molecule has 2 atom stereocenters. The maximum atomic E-state index is 13.1. The normalized spacial score (nSPS) is 22.1. The van der Waals surface area contributed by atoms with Crippen molar-refractivity contribution in [1.82, 2.24) is 14.7 Å². The maximum absolute atomic E-state index is 13.1. The number of amides is 2. The molecule has 2 saturated heterocycles. The number of sulfone groups is 1.